The van der Waals surface area contributed by atoms with Crippen molar-refractivity contribution in [3.05, 3.63) is 22.2 Å². The number of thiol groups is 1. The van der Waals surface area contributed by atoms with Crippen LogP contribution in [0.5, 0.6) is 5.75 Å². The summed E-state index contributed by atoms with van der Waals surface area (Å²) in [5.74, 6) is 0.799. The fourth-order valence-corrected chi connectivity index (χ4v) is 2.48. The number of benzene rings is 1. The molecule has 0 atom stereocenters. The lowest BCUT2D eigenvalue weighted by Crippen LogP contribution is -2.12. The summed E-state index contributed by atoms with van der Waals surface area (Å²) < 4.78 is 6.26. The molecule has 0 aliphatic heterocycles. The second-order valence-corrected chi connectivity index (χ2v) is 5.59. The van der Waals surface area contributed by atoms with Crippen molar-refractivity contribution in [1.82, 2.24) is 0 Å². The van der Waals surface area contributed by atoms with E-state index in [1.54, 1.807) is 7.11 Å². The Bertz CT molecular complexity index is 342. The van der Waals surface area contributed by atoms with Gasteiger partial charge in [-0.3, -0.25) is 0 Å². The zero-order chi connectivity index (χ0) is 10.9. The molecule has 0 spiro atoms. The highest BCUT2D eigenvalue weighted by Gasteiger charge is 2.18. The highest BCUT2D eigenvalue weighted by atomic mass is 79.9. The van der Waals surface area contributed by atoms with Crippen molar-refractivity contribution in [3.63, 3.8) is 0 Å². The van der Waals surface area contributed by atoms with E-state index in [1.165, 1.54) is 5.56 Å². The smallest absolute Gasteiger partial charge is 0.133 e. The van der Waals surface area contributed by atoms with Crippen molar-refractivity contribution in [3.8, 4) is 5.75 Å². The van der Waals surface area contributed by atoms with Gasteiger partial charge in [0.1, 0.15) is 5.75 Å². The Kier molecular flexibility index (Phi) is 3.53. The third-order valence-electron chi connectivity index (χ3n) is 2.08. The van der Waals surface area contributed by atoms with Gasteiger partial charge in [0.05, 0.1) is 7.11 Å². The Morgan fingerprint density at radius 3 is 2.29 bits per heavy atom. The first-order valence-corrected chi connectivity index (χ1v) is 5.67. The van der Waals surface area contributed by atoms with Crippen molar-refractivity contribution in [2.75, 3.05) is 7.11 Å². The molecule has 0 amide bonds. The van der Waals surface area contributed by atoms with Gasteiger partial charge >= 0.3 is 0 Å². The molecule has 1 nitrogen and oxygen atoms in total. The summed E-state index contributed by atoms with van der Waals surface area (Å²) in [6.45, 7) is 6.52. The van der Waals surface area contributed by atoms with Crippen LogP contribution in [0.1, 0.15) is 26.3 Å². The van der Waals surface area contributed by atoms with Crippen LogP contribution in [0.3, 0.4) is 0 Å². The first-order chi connectivity index (χ1) is 6.36. The molecule has 0 saturated carbocycles. The van der Waals surface area contributed by atoms with Crippen molar-refractivity contribution >= 4 is 28.6 Å². The molecule has 0 aromatic heterocycles. The van der Waals surface area contributed by atoms with E-state index in [4.69, 9.17) is 4.74 Å². The van der Waals surface area contributed by atoms with Crippen molar-refractivity contribution < 1.29 is 4.74 Å². The minimum atomic E-state index is 0.114. The van der Waals surface area contributed by atoms with Gasteiger partial charge in [0.25, 0.3) is 0 Å². The molecule has 0 heterocycles. The third-order valence-corrected chi connectivity index (χ3v) is 3.08. The van der Waals surface area contributed by atoms with E-state index in [9.17, 15) is 0 Å². The second-order valence-electron chi connectivity index (χ2n) is 4.25. The molecule has 3 heteroatoms. The summed E-state index contributed by atoms with van der Waals surface area (Å²) in [6.07, 6.45) is 0. The molecule has 0 radical (unpaired) electrons. The Hall–Kier alpha value is -0.150. The predicted octanol–water partition coefficient (Wildman–Crippen LogP) is 4.04. The molecular formula is C11H15BrOS. The molecule has 1 rings (SSSR count). The van der Waals surface area contributed by atoms with Gasteiger partial charge in [-0.15, -0.1) is 12.6 Å². The van der Waals surface area contributed by atoms with Gasteiger partial charge in [-0.2, -0.15) is 0 Å². The minimum Gasteiger partial charge on any atom is -0.496 e. The monoisotopic (exact) mass is 274 g/mol. The molecule has 0 saturated heterocycles. The summed E-state index contributed by atoms with van der Waals surface area (Å²) in [4.78, 5) is 0.876. The lowest BCUT2D eigenvalue weighted by molar-refractivity contribution is 0.403. The SMILES string of the molecule is COc1cc(Br)c(C(C)(C)C)cc1S. The predicted molar refractivity (Wildman–Crippen MR) is 66.6 cm³/mol. The van der Waals surface area contributed by atoms with Gasteiger partial charge in [0, 0.05) is 9.37 Å². The maximum Gasteiger partial charge on any atom is 0.133 e. The third kappa shape index (κ3) is 2.45. The van der Waals surface area contributed by atoms with Crippen LogP contribution in [0.15, 0.2) is 21.5 Å². The molecule has 0 aliphatic carbocycles. The summed E-state index contributed by atoms with van der Waals surface area (Å²) >= 11 is 7.92. The van der Waals surface area contributed by atoms with Gasteiger partial charge in [-0.05, 0) is 23.1 Å². The fourth-order valence-electron chi connectivity index (χ4n) is 1.28. The van der Waals surface area contributed by atoms with Crippen LogP contribution in [-0.4, -0.2) is 7.11 Å². The molecule has 0 aliphatic rings. The zero-order valence-corrected chi connectivity index (χ0v) is 11.4. The number of hydrogen-bond acceptors (Lipinski definition) is 2. The van der Waals surface area contributed by atoms with Gasteiger partial charge < -0.3 is 4.74 Å². The summed E-state index contributed by atoms with van der Waals surface area (Å²) in [5, 5.41) is 0. The van der Waals surface area contributed by atoms with Gasteiger partial charge in [-0.1, -0.05) is 36.7 Å². The number of methoxy groups -OCH3 is 1. The largest absolute Gasteiger partial charge is 0.496 e. The number of ether oxygens (including phenoxy) is 1. The van der Waals surface area contributed by atoms with E-state index in [2.05, 4.69) is 49.3 Å². The van der Waals surface area contributed by atoms with Gasteiger partial charge in [-0.25, -0.2) is 0 Å². The molecule has 14 heavy (non-hydrogen) atoms. The lowest BCUT2D eigenvalue weighted by atomic mass is 9.87. The van der Waals surface area contributed by atoms with E-state index in [-0.39, 0.29) is 5.41 Å². The molecule has 0 bridgehead atoms. The fraction of sp³-hybridized carbons (Fsp3) is 0.455. The van der Waals surface area contributed by atoms with Crippen molar-refractivity contribution in [1.29, 1.82) is 0 Å². The zero-order valence-electron chi connectivity index (χ0n) is 8.89. The molecule has 0 N–H and O–H groups in total. The summed E-state index contributed by atoms with van der Waals surface area (Å²) in [6, 6.07) is 4.01. The van der Waals surface area contributed by atoms with E-state index in [1.807, 2.05) is 12.1 Å². The quantitative estimate of drug-likeness (QED) is 0.761. The highest BCUT2D eigenvalue weighted by molar-refractivity contribution is 9.10. The average Bonchev–Trinajstić information content (AvgIpc) is 2.06. The Labute approximate surface area is 99.4 Å². The normalized spacial score (nSPS) is 11.6. The first kappa shape index (κ1) is 11.9. The van der Waals surface area contributed by atoms with E-state index >= 15 is 0 Å². The van der Waals surface area contributed by atoms with Gasteiger partial charge in [0.15, 0.2) is 0 Å². The van der Waals surface area contributed by atoms with Crippen LogP contribution >= 0.6 is 28.6 Å². The molecule has 0 unspecified atom stereocenters. The highest BCUT2D eigenvalue weighted by Crippen LogP contribution is 2.36. The first-order valence-electron chi connectivity index (χ1n) is 4.43. The van der Waals surface area contributed by atoms with E-state index < -0.39 is 0 Å². The minimum absolute atomic E-state index is 0.114. The average molecular weight is 275 g/mol. The molecule has 1 aromatic rings. The Morgan fingerprint density at radius 2 is 1.86 bits per heavy atom. The number of rotatable bonds is 1. The van der Waals surface area contributed by atoms with E-state index in [0.29, 0.717) is 0 Å². The Morgan fingerprint density at radius 1 is 1.29 bits per heavy atom. The maximum absolute atomic E-state index is 5.19. The van der Waals surface area contributed by atoms with Gasteiger partial charge in [0.2, 0.25) is 0 Å². The number of halogens is 1. The summed E-state index contributed by atoms with van der Waals surface area (Å²) in [7, 11) is 1.65. The van der Waals surface area contributed by atoms with Crippen molar-refractivity contribution in [2.24, 2.45) is 0 Å². The van der Waals surface area contributed by atoms with E-state index in [0.717, 1.165) is 15.1 Å². The molecule has 0 fully saturated rings. The topological polar surface area (TPSA) is 9.23 Å². The molecular weight excluding hydrogens is 260 g/mol. The lowest BCUT2D eigenvalue weighted by Gasteiger charge is -2.22. The number of hydrogen-bond donors (Lipinski definition) is 1. The molecule has 78 valence electrons. The standard InChI is InChI=1S/C11H15BrOS/c1-11(2,3)7-5-10(14)9(13-4)6-8(7)12/h5-6,14H,1-4H3. The second kappa shape index (κ2) is 4.15. The van der Waals surface area contributed by atoms with Crippen molar-refractivity contribution in [2.45, 2.75) is 31.1 Å². The van der Waals surface area contributed by atoms with Crippen LogP contribution in [-0.2, 0) is 5.41 Å². The van der Waals surface area contributed by atoms with Crippen LogP contribution in [0, 0.1) is 0 Å². The maximum atomic E-state index is 5.19. The van der Waals surface area contributed by atoms with Crippen LogP contribution in [0.25, 0.3) is 0 Å². The Balaban J connectivity index is 3.29. The van der Waals surface area contributed by atoms with Crippen LogP contribution in [0.2, 0.25) is 0 Å². The summed E-state index contributed by atoms with van der Waals surface area (Å²) in [5.41, 5.74) is 1.35. The van der Waals surface area contributed by atoms with Crippen LogP contribution < -0.4 is 4.74 Å². The molecule has 1 aromatic carbocycles. The van der Waals surface area contributed by atoms with Crippen LogP contribution in [0.4, 0.5) is 0 Å².